The molecule has 2 saturated heterocycles. The van der Waals surface area contributed by atoms with Crippen molar-refractivity contribution < 1.29 is 9.66 Å². The lowest BCUT2D eigenvalue weighted by Crippen LogP contribution is -2.46. The number of piperidine rings is 2. The van der Waals surface area contributed by atoms with Crippen LogP contribution in [0, 0.1) is 10.1 Å². The van der Waals surface area contributed by atoms with Gasteiger partial charge in [0.25, 0.3) is 0 Å². The molecule has 0 unspecified atom stereocenters. The summed E-state index contributed by atoms with van der Waals surface area (Å²) in [7, 11) is 1.49. The number of nitro groups is 1. The quantitative estimate of drug-likeness (QED) is 0.527. The van der Waals surface area contributed by atoms with Crippen molar-refractivity contribution >= 4 is 11.4 Å². The Morgan fingerprint density at radius 3 is 2.50 bits per heavy atom. The molecule has 4 rings (SSSR count). The van der Waals surface area contributed by atoms with E-state index < -0.39 is 0 Å². The monoisotopic (exact) mass is 413 g/mol. The molecular weight excluding hydrogens is 382 g/mol. The molecule has 0 saturated carbocycles. The Labute approximate surface area is 177 Å². The van der Waals surface area contributed by atoms with Gasteiger partial charge in [0, 0.05) is 60.8 Å². The Kier molecular flexibility index (Phi) is 6.22. The normalized spacial score (nSPS) is 18.5. The predicted octanol–water partition coefficient (Wildman–Crippen LogP) is 3.94. The summed E-state index contributed by atoms with van der Waals surface area (Å²) >= 11 is 0. The Balaban J connectivity index is 1.63. The third-order valence-electron chi connectivity index (χ3n) is 6.47. The Morgan fingerprint density at radius 2 is 1.90 bits per heavy atom. The number of nitro benzene ring substituents is 1. The van der Waals surface area contributed by atoms with Crippen LogP contribution >= 0.6 is 0 Å². The summed E-state index contributed by atoms with van der Waals surface area (Å²) < 4.78 is 7.22. The summed E-state index contributed by atoms with van der Waals surface area (Å²) in [5.41, 5.74) is 2.73. The van der Waals surface area contributed by atoms with E-state index in [-0.39, 0.29) is 10.6 Å². The van der Waals surface area contributed by atoms with Gasteiger partial charge in [0.1, 0.15) is 0 Å². The number of aryl methyl sites for hydroxylation is 1. The summed E-state index contributed by atoms with van der Waals surface area (Å²) in [6.07, 6.45) is 9.96. The molecule has 0 radical (unpaired) electrons. The number of anilines is 1. The molecule has 2 aliphatic heterocycles. The SMILES string of the molecule is CCn1cc(-c2cc([N+](=O)[O-])c(OC)cc2N2CCC(N3CCCCC3)CC2)cn1. The molecule has 0 spiro atoms. The van der Waals surface area contributed by atoms with E-state index in [0.29, 0.717) is 11.8 Å². The van der Waals surface area contributed by atoms with Gasteiger partial charge in [0.05, 0.1) is 18.2 Å². The van der Waals surface area contributed by atoms with Crippen LogP contribution in [0.5, 0.6) is 5.75 Å². The van der Waals surface area contributed by atoms with Crippen molar-refractivity contribution in [3.8, 4) is 16.9 Å². The Hall–Kier alpha value is -2.61. The molecule has 3 heterocycles. The minimum absolute atomic E-state index is 0.0105. The van der Waals surface area contributed by atoms with Crippen molar-refractivity contribution in [2.45, 2.75) is 51.6 Å². The van der Waals surface area contributed by atoms with E-state index in [0.717, 1.165) is 49.3 Å². The van der Waals surface area contributed by atoms with Crippen LogP contribution in [-0.2, 0) is 6.54 Å². The Bertz CT molecular complexity index is 883. The van der Waals surface area contributed by atoms with Crippen molar-refractivity contribution in [2.75, 3.05) is 38.2 Å². The van der Waals surface area contributed by atoms with Gasteiger partial charge in [-0.15, -0.1) is 0 Å². The highest BCUT2D eigenvalue weighted by molar-refractivity contribution is 5.82. The first kappa shape index (κ1) is 20.7. The Morgan fingerprint density at radius 1 is 1.17 bits per heavy atom. The largest absolute Gasteiger partial charge is 0.490 e. The first-order chi connectivity index (χ1) is 14.6. The fourth-order valence-electron chi connectivity index (χ4n) is 4.79. The van der Waals surface area contributed by atoms with Crippen LogP contribution in [0.15, 0.2) is 24.5 Å². The first-order valence-corrected chi connectivity index (χ1v) is 11.0. The van der Waals surface area contributed by atoms with E-state index in [9.17, 15) is 10.1 Å². The topological polar surface area (TPSA) is 76.7 Å². The second kappa shape index (κ2) is 9.04. The number of hydrogen-bond donors (Lipinski definition) is 0. The number of hydrogen-bond acceptors (Lipinski definition) is 6. The molecule has 0 aliphatic carbocycles. The van der Waals surface area contributed by atoms with Crippen LogP contribution in [0.25, 0.3) is 11.1 Å². The minimum Gasteiger partial charge on any atom is -0.490 e. The number of rotatable bonds is 6. The average molecular weight is 414 g/mol. The lowest BCUT2D eigenvalue weighted by Gasteiger charge is -2.41. The third kappa shape index (κ3) is 4.14. The van der Waals surface area contributed by atoms with Crippen LogP contribution in [0.1, 0.15) is 39.0 Å². The smallest absolute Gasteiger partial charge is 0.311 e. The standard InChI is InChI=1S/C22H31N5O3/c1-3-26-16-17(15-23-26)19-13-21(27(28)29)22(30-2)14-20(19)25-11-7-18(8-12-25)24-9-5-4-6-10-24/h13-16,18H,3-12H2,1-2H3. The highest BCUT2D eigenvalue weighted by Crippen LogP contribution is 2.41. The van der Waals surface area contributed by atoms with E-state index in [1.807, 2.05) is 23.9 Å². The van der Waals surface area contributed by atoms with Crippen LogP contribution in [0.2, 0.25) is 0 Å². The lowest BCUT2D eigenvalue weighted by molar-refractivity contribution is -0.385. The first-order valence-electron chi connectivity index (χ1n) is 11.0. The maximum Gasteiger partial charge on any atom is 0.311 e. The van der Waals surface area contributed by atoms with Gasteiger partial charge >= 0.3 is 5.69 Å². The number of methoxy groups -OCH3 is 1. The summed E-state index contributed by atoms with van der Waals surface area (Å²) in [6.45, 7) is 7.11. The molecule has 2 aromatic rings. The van der Waals surface area contributed by atoms with Gasteiger partial charge in [-0.1, -0.05) is 6.42 Å². The van der Waals surface area contributed by atoms with Gasteiger partial charge in [-0.25, -0.2) is 0 Å². The number of aromatic nitrogens is 2. The molecule has 0 bridgehead atoms. The summed E-state index contributed by atoms with van der Waals surface area (Å²) in [4.78, 5) is 16.2. The molecule has 8 nitrogen and oxygen atoms in total. The van der Waals surface area contributed by atoms with E-state index >= 15 is 0 Å². The van der Waals surface area contributed by atoms with Gasteiger partial charge in [-0.2, -0.15) is 5.10 Å². The third-order valence-corrected chi connectivity index (χ3v) is 6.47. The van der Waals surface area contributed by atoms with Crippen molar-refractivity contribution in [2.24, 2.45) is 0 Å². The molecule has 0 amide bonds. The van der Waals surface area contributed by atoms with Crippen molar-refractivity contribution in [3.05, 3.63) is 34.6 Å². The molecule has 1 aromatic heterocycles. The predicted molar refractivity (Wildman–Crippen MR) is 117 cm³/mol. The fraction of sp³-hybridized carbons (Fsp3) is 0.591. The van der Waals surface area contributed by atoms with Crippen LogP contribution in [-0.4, -0.2) is 58.9 Å². The van der Waals surface area contributed by atoms with Crippen molar-refractivity contribution in [1.82, 2.24) is 14.7 Å². The molecule has 8 heteroatoms. The minimum atomic E-state index is -0.376. The van der Waals surface area contributed by atoms with E-state index in [2.05, 4.69) is 14.9 Å². The van der Waals surface area contributed by atoms with Gasteiger partial charge in [0.2, 0.25) is 0 Å². The summed E-state index contributed by atoms with van der Waals surface area (Å²) in [6, 6.07) is 4.12. The van der Waals surface area contributed by atoms with Crippen molar-refractivity contribution in [3.63, 3.8) is 0 Å². The molecule has 30 heavy (non-hydrogen) atoms. The highest BCUT2D eigenvalue weighted by Gasteiger charge is 2.29. The maximum absolute atomic E-state index is 11.6. The molecule has 0 atom stereocenters. The molecule has 1 aromatic carbocycles. The molecule has 0 N–H and O–H groups in total. The number of likely N-dealkylation sites (tertiary alicyclic amines) is 1. The maximum atomic E-state index is 11.6. The summed E-state index contributed by atoms with van der Waals surface area (Å²) in [5.74, 6) is 0.305. The average Bonchev–Trinajstić information content (AvgIpc) is 3.28. The zero-order chi connectivity index (χ0) is 21.1. The van der Waals surface area contributed by atoms with E-state index in [1.54, 1.807) is 12.3 Å². The van der Waals surface area contributed by atoms with E-state index in [1.165, 1.54) is 39.5 Å². The highest BCUT2D eigenvalue weighted by atomic mass is 16.6. The second-order valence-electron chi connectivity index (χ2n) is 8.20. The fourth-order valence-corrected chi connectivity index (χ4v) is 4.79. The zero-order valence-corrected chi connectivity index (χ0v) is 17.9. The number of benzene rings is 1. The van der Waals surface area contributed by atoms with Crippen LogP contribution in [0.3, 0.4) is 0 Å². The summed E-state index contributed by atoms with van der Waals surface area (Å²) in [5, 5.41) is 16.0. The number of ether oxygens (including phenoxy) is 1. The van der Waals surface area contributed by atoms with Crippen LogP contribution in [0.4, 0.5) is 11.4 Å². The number of nitrogens with zero attached hydrogens (tertiary/aromatic N) is 5. The zero-order valence-electron chi connectivity index (χ0n) is 17.9. The van der Waals surface area contributed by atoms with Gasteiger partial charge in [0.15, 0.2) is 5.75 Å². The van der Waals surface area contributed by atoms with Crippen LogP contribution < -0.4 is 9.64 Å². The second-order valence-corrected chi connectivity index (χ2v) is 8.20. The van der Waals surface area contributed by atoms with Gasteiger partial charge in [-0.05, 0) is 45.7 Å². The molecular formula is C22H31N5O3. The molecule has 2 aliphatic rings. The van der Waals surface area contributed by atoms with Gasteiger partial charge < -0.3 is 14.5 Å². The van der Waals surface area contributed by atoms with Gasteiger partial charge in [-0.3, -0.25) is 14.8 Å². The van der Waals surface area contributed by atoms with E-state index in [4.69, 9.17) is 4.74 Å². The lowest BCUT2D eigenvalue weighted by atomic mass is 9.97. The molecule has 162 valence electrons. The van der Waals surface area contributed by atoms with Crippen molar-refractivity contribution in [1.29, 1.82) is 0 Å². The molecule has 2 fully saturated rings.